The van der Waals surface area contributed by atoms with E-state index in [4.69, 9.17) is 16.3 Å². The molecule has 6 nitrogen and oxygen atoms in total. The predicted molar refractivity (Wildman–Crippen MR) is 113 cm³/mol. The number of benzene rings is 2. The molecule has 0 radical (unpaired) electrons. The molecule has 0 heterocycles. The van der Waals surface area contributed by atoms with Gasteiger partial charge in [-0.05, 0) is 43.7 Å². The minimum absolute atomic E-state index is 0.0815. The summed E-state index contributed by atoms with van der Waals surface area (Å²) in [5, 5.41) is 1.92. The van der Waals surface area contributed by atoms with Crippen molar-refractivity contribution >= 4 is 33.2 Å². The van der Waals surface area contributed by atoms with Crippen LogP contribution in [-0.2, 0) is 21.0 Å². The average Bonchev–Trinajstić information content (AvgIpc) is 2.63. The fraction of sp³-hybridized carbons (Fsp3) is 0.350. The third-order valence-corrected chi connectivity index (χ3v) is 5.71. The zero-order chi connectivity index (χ0) is 23.4. The van der Waals surface area contributed by atoms with Gasteiger partial charge in [-0.3, -0.25) is 9.10 Å². The Morgan fingerprint density at radius 3 is 2.42 bits per heavy atom. The maximum atomic E-state index is 13.1. The Hall–Kier alpha value is -2.46. The average molecular weight is 479 g/mol. The van der Waals surface area contributed by atoms with Crippen LogP contribution in [0.5, 0.6) is 5.75 Å². The van der Waals surface area contributed by atoms with Gasteiger partial charge in [0.25, 0.3) is 0 Å². The molecule has 0 saturated heterocycles. The highest BCUT2D eigenvalue weighted by atomic mass is 35.5. The largest absolute Gasteiger partial charge is 0.491 e. The first kappa shape index (κ1) is 24.8. The minimum Gasteiger partial charge on any atom is -0.491 e. The molecule has 11 heteroatoms. The van der Waals surface area contributed by atoms with Crippen molar-refractivity contribution in [2.45, 2.75) is 20.0 Å². The number of rotatable bonds is 8. The van der Waals surface area contributed by atoms with E-state index in [0.717, 1.165) is 29.5 Å². The van der Waals surface area contributed by atoms with E-state index in [9.17, 15) is 26.4 Å². The van der Waals surface area contributed by atoms with Crippen molar-refractivity contribution in [2.24, 2.45) is 0 Å². The van der Waals surface area contributed by atoms with E-state index >= 15 is 0 Å². The third-order valence-electron chi connectivity index (χ3n) is 4.24. The molecule has 2 rings (SSSR count). The molecule has 31 heavy (non-hydrogen) atoms. The molecule has 0 aliphatic heterocycles. The number of amides is 1. The summed E-state index contributed by atoms with van der Waals surface area (Å²) in [7, 11) is -4.04. The molecule has 0 bridgehead atoms. The number of sulfonamides is 1. The van der Waals surface area contributed by atoms with E-state index in [1.807, 2.05) is 26.0 Å². The molecule has 0 aliphatic rings. The first-order valence-electron chi connectivity index (χ1n) is 9.10. The SMILES string of the molecule is Cc1ccc(OCCNC(=O)CN(c2ccc(Cl)c(C(F)(F)F)c2)S(C)(=O)=O)c(C)c1. The number of hydrogen-bond donors (Lipinski definition) is 1. The Morgan fingerprint density at radius 2 is 1.84 bits per heavy atom. The number of anilines is 1. The normalized spacial score (nSPS) is 11.8. The smallest absolute Gasteiger partial charge is 0.417 e. The fourth-order valence-corrected chi connectivity index (χ4v) is 3.86. The van der Waals surface area contributed by atoms with E-state index in [0.29, 0.717) is 16.1 Å². The van der Waals surface area contributed by atoms with Crippen molar-refractivity contribution in [1.29, 1.82) is 0 Å². The molecular weight excluding hydrogens is 457 g/mol. The topological polar surface area (TPSA) is 75.7 Å². The number of alkyl halides is 3. The molecule has 2 aromatic rings. The van der Waals surface area contributed by atoms with Crippen molar-refractivity contribution in [3.05, 3.63) is 58.1 Å². The predicted octanol–water partition coefficient (Wildman–Crippen LogP) is 3.94. The highest BCUT2D eigenvalue weighted by Gasteiger charge is 2.34. The lowest BCUT2D eigenvalue weighted by atomic mass is 10.1. The van der Waals surface area contributed by atoms with Crippen LogP contribution >= 0.6 is 11.6 Å². The molecule has 0 unspecified atom stereocenters. The number of carbonyl (C=O) groups is 1. The summed E-state index contributed by atoms with van der Waals surface area (Å²) in [6.45, 7) is 3.35. The van der Waals surface area contributed by atoms with Crippen molar-refractivity contribution in [3.8, 4) is 5.75 Å². The summed E-state index contributed by atoms with van der Waals surface area (Å²) in [4.78, 5) is 12.2. The van der Waals surface area contributed by atoms with Crippen LogP contribution in [0.1, 0.15) is 16.7 Å². The molecule has 170 valence electrons. The van der Waals surface area contributed by atoms with E-state index in [-0.39, 0.29) is 18.8 Å². The van der Waals surface area contributed by atoms with E-state index in [2.05, 4.69) is 5.32 Å². The van der Waals surface area contributed by atoms with Gasteiger partial charge in [0.2, 0.25) is 15.9 Å². The molecule has 1 N–H and O–H groups in total. The monoisotopic (exact) mass is 478 g/mol. The van der Waals surface area contributed by atoms with Crippen molar-refractivity contribution in [3.63, 3.8) is 0 Å². The lowest BCUT2D eigenvalue weighted by Gasteiger charge is -2.23. The number of hydrogen-bond acceptors (Lipinski definition) is 4. The fourth-order valence-electron chi connectivity index (χ4n) is 2.78. The van der Waals surface area contributed by atoms with Crippen molar-refractivity contribution in [1.82, 2.24) is 5.32 Å². The number of nitrogens with one attached hydrogen (secondary N) is 1. The van der Waals surface area contributed by atoms with Gasteiger partial charge < -0.3 is 10.1 Å². The summed E-state index contributed by atoms with van der Waals surface area (Å²) < 4.78 is 69.7. The zero-order valence-electron chi connectivity index (χ0n) is 17.1. The summed E-state index contributed by atoms with van der Waals surface area (Å²) in [6.07, 6.45) is -3.98. The van der Waals surface area contributed by atoms with Crippen LogP contribution in [0.25, 0.3) is 0 Å². The van der Waals surface area contributed by atoms with Gasteiger partial charge in [-0.15, -0.1) is 0 Å². The first-order valence-corrected chi connectivity index (χ1v) is 11.3. The van der Waals surface area contributed by atoms with Crippen LogP contribution in [0, 0.1) is 13.8 Å². The number of nitrogens with zero attached hydrogens (tertiary/aromatic N) is 1. The van der Waals surface area contributed by atoms with Gasteiger partial charge in [0.15, 0.2) is 0 Å². The van der Waals surface area contributed by atoms with Gasteiger partial charge in [-0.25, -0.2) is 8.42 Å². The number of aryl methyl sites for hydroxylation is 2. The number of halogens is 4. The van der Waals surface area contributed by atoms with E-state index in [1.165, 1.54) is 0 Å². The lowest BCUT2D eigenvalue weighted by molar-refractivity contribution is -0.137. The Balaban J connectivity index is 2.04. The lowest BCUT2D eigenvalue weighted by Crippen LogP contribution is -2.41. The Labute approximate surface area is 184 Å². The standard InChI is InChI=1S/C20H22ClF3N2O4S/c1-13-4-7-18(14(2)10-13)30-9-8-25-19(27)12-26(31(3,28)29)15-5-6-17(21)16(11-15)20(22,23)24/h4-7,10-11H,8-9,12H2,1-3H3,(H,25,27). The maximum absolute atomic E-state index is 13.1. The molecular formula is C20H22ClF3N2O4S. The summed E-state index contributed by atoms with van der Waals surface area (Å²) in [5.41, 5.74) is 0.496. The zero-order valence-corrected chi connectivity index (χ0v) is 18.7. The molecule has 0 aromatic heterocycles. The second-order valence-corrected chi connectivity index (χ2v) is 9.21. The Bertz CT molecular complexity index is 1060. The molecule has 0 fully saturated rings. The van der Waals surface area contributed by atoms with Crippen molar-refractivity contribution < 1.29 is 31.1 Å². The van der Waals surface area contributed by atoms with E-state index < -0.39 is 39.2 Å². The molecule has 0 atom stereocenters. The Kier molecular flexibility index (Phi) is 7.82. The third kappa shape index (κ3) is 7.03. The van der Waals surface area contributed by atoms with Crippen LogP contribution < -0.4 is 14.4 Å². The molecule has 2 aromatic carbocycles. The van der Waals surface area contributed by atoms with E-state index in [1.54, 1.807) is 6.07 Å². The highest BCUT2D eigenvalue weighted by Crippen LogP contribution is 2.37. The van der Waals surface area contributed by atoms with Crippen molar-refractivity contribution in [2.75, 3.05) is 30.3 Å². The maximum Gasteiger partial charge on any atom is 0.417 e. The van der Waals surface area contributed by atoms with Gasteiger partial charge in [-0.2, -0.15) is 13.2 Å². The van der Waals surface area contributed by atoms with Crippen LogP contribution in [0.2, 0.25) is 5.02 Å². The van der Waals surface area contributed by atoms with Gasteiger partial charge in [0.05, 0.1) is 29.1 Å². The van der Waals surface area contributed by atoms with Gasteiger partial charge >= 0.3 is 6.18 Å². The van der Waals surface area contributed by atoms with Crippen LogP contribution in [0.15, 0.2) is 36.4 Å². The summed E-state index contributed by atoms with van der Waals surface area (Å²) in [5.74, 6) is -0.0448. The molecule has 0 aliphatic carbocycles. The van der Waals surface area contributed by atoms with Crippen LogP contribution in [0.3, 0.4) is 0 Å². The van der Waals surface area contributed by atoms with Gasteiger partial charge in [0, 0.05) is 0 Å². The highest BCUT2D eigenvalue weighted by molar-refractivity contribution is 7.92. The first-order chi connectivity index (χ1) is 14.3. The minimum atomic E-state index is -4.77. The molecule has 0 spiro atoms. The Morgan fingerprint density at radius 1 is 1.16 bits per heavy atom. The van der Waals surface area contributed by atoms with Gasteiger partial charge in [0.1, 0.15) is 18.9 Å². The van der Waals surface area contributed by atoms with Crippen LogP contribution in [-0.4, -0.2) is 40.3 Å². The number of carbonyl (C=O) groups excluding carboxylic acids is 1. The molecule has 0 saturated carbocycles. The number of ether oxygens (including phenoxy) is 1. The summed E-state index contributed by atoms with van der Waals surface area (Å²) >= 11 is 5.58. The second kappa shape index (κ2) is 9.78. The summed E-state index contributed by atoms with van der Waals surface area (Å²) in [6, 6.07) is 8.27. The molecule has 1 amide bonds. The van der Waals surface area contributed by atoms with Crippen LogP contribution in [0.4, 0.5) is 18.9 Å². The van der Waals surface area contributed by atoms with Gasteiger partial charge in [-0.1, -0.05) is 29.3 Å². The quantitative estimate of drug-likeness (QED) is 0.583. The second-order valence-electron chi connectivity index (χ2n) is 6.90.